The Labute approximate surface area is 53.6 Å². The fourth-order valence-corrected chi connectivity index (χ4v) is 0.551. The van der Waals surface area contributed by atoms with E-state index in [4.69, 9.17) is 9.26 Å². The van der Waals surface area contributed by atoms with Crippen molar-refractivity contribution in [3.8, 4) is 5.95 Å². The zero-order valence-electron chi connectivity index (χ0n) is 5.55. The molecule has 0 N–H and O–H groups in total. The molecule has 3 nitrogen and oxygen atoms in total. The van der Waals surface area contributed by atoms with Gasteiger partial charge in [-0.25, -0.2) is 0 Å². The first-order chi connectivity index (χ1) is 4.33. The molecule has 0 aliphatic rings. The standard InChI is InChI=1S/C6H9NO2/c1-3-8-6-4-5(2)7-9-6/h4H,3H2,1-2H3. The zero-order valence-corrected chi connectivity index (χ0v) is 5.55. The molecule has 0 amide bonds. The number of nitrogens with zero attached hydrogens (tertiary/aromatic N) is 1. The molecule has 0 fully saturated rings. The van der Waals surface area contributed by atoms with Crippen molar-refractivity contribution in [1.82, 2.24) is 5.16 Å². The second-order valence-electron chi connectivity index (χ2n) is 1.72. The molecule has 1 aromatic heterocycles. The first kappa shape index (κ1) is 6.13. The van der Waals surface area contributed by atoms with E-state index in [1.54, 1.807) is 6.07 Å². The van der Waals surface area contributed by atoms with Crippen molar-refractivity contribution in [2.45, 2.75) is 13.8 Å². The molecule has 0 unspecified atom stereocenters. The predicted molar refractivity (Wildman–Crippen MR) is 32.4 cm³/mol. The van der Waals surface area contributed by atoms with Crippen molar-refractivity contribution in [1.29, 1.82) is 0 Å². The van der Waals surface area contributed by atoms with E-state index in [0.29, 0.717) is 12.6 Å². The number of aryl methyl sites for hydroxylation is 1. The van der Waals surface area contributed by atoms with Crippen LogP contribution < -0.4 is 4.74 Å². The highest BCUT2D eigenvalue weighted by molar-refractivity contribution is 5.07. The first-order valence-corrected chi connectivity index (χ1v) is 2.89. The van der Waals surface area contributed by atoms with Crippen LogP contribution in [0.4, 0.5) is 0 Å². The number of rotatable bonds is 2. The van der Waals surface area contributed by atoms with Crippen LogP contribution in [0.25, 0.3) is 0 Å². The van der Waals surface area contributed by atoms with Crippen molar-refractivity contribution >= 4 is 0 Å². The van der Waals surface area contributed by atoms with Crippen LogP contribution in [0.5, 0.6) is 5.95 Å². The van der Waals surface area contributed by atoms with Crippen molar-refractivity contribution in [3.05, 3.63) is 11.8 Å². The molecule has 1 rings (SSSR count). The molecule has 0 atom stereocenters. The van der Waals surface area contributed by atoms with Crippen LogP contribution in [-0.2, 0) is 0 Å². The summed E-state index contributed by atoms with van der Waals surface area (Å²) in [4.78, 5) is 0. The quantitative estimate of drug-likeness (QED) is 0.602. The maximum atomic E-state index is 5.00. The van der Waals surface area contributed by atoms with Gasteiger partial charge in [-0.05, 0) is 13.8 Å². The van der Waals surface area contributed by atoms with Crippen LogP contribution in [0.15, 0.2) is 10.6 Å². The van der Waals surface area contributed by atoms with Crippen molar-refractivity contribution in [2.75, 3.05) is 6.61 Å². The van der Waals surface area contributed by atoms with E-state index >= 15 is 0 Å². The molecular formula is C6H9NO2. The van der Waals surface area contributed by atoms with E-state index in [-0.39, 0.29) is 0 Å². The average Bonchev–Trinajstić information content (AvgIpc) is 2.17. The van der Waals surface area contributed by atoms with Crippen molar-refractivity contribution in [2.24, 2.45) is 0 Å². The molecule has 3 heteroatoms. The second-order valence-corrected chi connectivity index (χ2v) is 1.72. The minimum Gasteiger partial charge on any atom is -0.464 e. The Morgan fingerprint density at radius 3 is 3.00 bits per heavy atom. The van der Waals surface area contributed by atoms with E-state index < -0.39 is 0 Å². The Hall–Kier alpha value is -0.990. The van der Waals surface area contributed by atoms with Gasteiger partial charge in [-0.1, -0.05) is 5.16 Å². The Kier molecular flexibility index (Phi) is 1.72. The molecule has 0 aliphatic carbocycles. The van der Waals surface area contributed by atoms with Gasteiger partial charge in [0.25, 0.3) is 0 Å². The van der Waals surface area contributed by atoms with Gasteiger partial charge in [0.1, 0.15) is 0 Å². The fourth-order valence-electron chi connectivity index (χ4n) is 0.551. The summed E-state index contributed by atoms with van der Waals surface area (Å²) < 4.78 is 9.73. The number of hydrogen-bond acceptors (Lipinski definition) is 3. The molecule has 0 aromatic carbocycles. The van der Waals surface area contributed by atoms with Crippen LogP contribution in [-0.4, -0.2) is 11.8 Å². The summed E-state index contributed by atoms with van der Waals surface area (Å²) >= 11 is 0. The number of hydrogen-bond donors (Lipinski definition) is 0. The smallest absolute Gasteiger partial charge is 0.311 e. The monoisotopic (exact) mass is 127 g/mol. The highest BCUT2D eigenvalue weighted by Crippen LogP contribution is 2.10. The Balaban J connectivity index is 2.61. The van der Waals surface area contributed by atoms with Gasteiger partial charge in [0, 0.05) is 6.07 Å². The largest absolute Gasteiger partial charge is 0.464 e. The van der Waals surface area contributed by atoms with E-state index in [9.17, 15) is 0 Å². The van der Waals surface area contributed by atoms with Crippen LogP contribution in [0, 0.1) is 6.92 Å². The van der Waals surface area contributed by atoms with Crippen molar-refractivity contribution in [3.63, 3.8) is 0 Å². The van der Waals surface area contributed by atoms with Gasteiger partial charge >= 0.3 is 5.95 Å². The molecule has 1 heterocycles. The summed E-state index contributed by atoms with van der Waals surface area (Å²) in [6.45, 7) is 4.37. The molecule has 0 saturated heterocycles. The van der Waals surface area contributed by atoms with Crippen LogP contribution >= 0.6 is 0 Å². The van der Waals surface area contributed by atoms with Crippen LogP contribution in [0.1, 0.15) is 12.6 Å². The Bertz CT molecular complexity index is 183. The Morgan fingerprint density at radius 2 is 2.56 bits per heavy atom. The minimum atomic E-state index is 0.495. The first-order valence-electron chi connectivity index (χ1n) is 2.89. The summed E-state index contributed by atoms with van der Waals surface area (Å²) in [5.41, 5.74) is 0.846. The van der Waals surface area contributed by atoms with Gasteiger partial charge in [0.2, 0.25) is 0 Å². The normalized spacial score (nSPS) is 9.56. The summed E-state index contributed by atoms with van der Waals surface area (Å²) in [5, 5.41) is 3.64. The van der Waals surface area contributed by atoms with E-state index in [1.165, 1.54) is 0 Å². The lowest BCUT2D eigenvalue weighted by atomic mass is 10.5. The van der Waals surface area contributed by atoms with Crippen LogP contribution in [0.2, 0.25) is 0 Å². The zero-order chi connectivity index (χ0) is 6.69. The molecule has 0 spiro atoms. The van der Waals surface area contributed by atoms with Gasteiger partial charge in [-0.15, -0.1) is 0 Å². The molecule has 0 saturated carbocycles. The summed E-state index contributed by atoms with van der Waals surface area (Å²) in [6, 6.07) is 1.75. The van der Waals surface area contributed by atoms with E-state index in [0.717, 1.165) is 5.69 Å². The highest BCUT2D eigenvalue weighted by Gasteiger charge is 1.96. The molecular weight excluding hydrogens is 118 g/mol. The second kappa shape index (κ2) is 2.53. The molecule has 50 valence electrons. The third-order valence-electron chi connectivity index (χ3n) is 0.893. The third-order valence-corrected chi connectivity index (χ3v) is 0.893. The number of aromatic nitrogens is 1. The number of ether oxygens (including phenoxy) is 1. The van der Waals surface area contributed by atoms with Gasteiger partial charge < -0.3 is 9.26 Å². The highest BCUT2D eigenvalue weighted by atomic mass is 16.6. The summed E-state index contributed by atoms with van der Waals surface area (Å²) in [5.74, 6) is 0.495. The fraction of sp³-hybridized carbons (Fsp3) is 0.500. The lowest BCUT2D eigenvalue weighted by Crippen LogP contribution is -1.87. The minimum absolute atomic E-state index is 0.495. The van der Waals surface area contributed by atoms with E-state index in [2.05, 4.69) is 5.16 Å². The van der Waals surface area contributed by atoms with Crippen LogP contribution in [0.3, 0.4) is 0 Å². The van der Waals surface area contributed by atoms with Crippen molar-refractivity contribution < 1.29 is 9.26 Å². The maximum Gasteiger partial charge on any atom is 0.311 e. The van der Waals surface area contributed by atoms with Gasteiger partial charge in [0.15, 0.2) is 0 Å². The third kappa shape index (κ3) is 1.45. The molecule has 9 heavy (non-hydrogen) atoms. The topological polar surface area (TPSA) is 35.3 Å². The lowest BCUT2D eigenvalue weighted by molar-refractivity contribution is 0.225. The van der Waals surface area contributed by atoms with Gasteiger partial charge in [-0.3, -0.25) is 0 Å². The predicted octanol–water partition coefficient (Wildman–Crippen LogP) is 1.38. The molecule has 1 aromatic rings. The lowest BCUT2D eigenvalue weighted by Gasteiger charge is -1.91. The molecule has 0 bridgehead atoms. The molecule has 0 aliphatic heterocycles. The van der Waals surface area contributed by atoms with E-state index in [1.807, 2.05) is 13.8 Å². The summed E-state index contributed by atoms with van der Waals surface area (Å²) in [6.07, 6.45) is 0. The Morgan fingerprint density at radius 1 is 1.78 bits per heavy atom. The summed E-state index contributed by atoms with van der Waals surface area (Å²) in [7, 11) is 0. The average molecular weight is 127 g/mol. The maximum absolute atomic E-state index is 5.00. The molecule has 0 radical (unpaired) electrons. The van der Waals surface area contributed by atoms with Gasteiger partial charge in [-0.2, -0.15) is 0 Å². The SMILES string of the molecule is CCOc1cc(C)no1. The van der Waals surface area contributed by atoms with Gasteiger partial charge in [0.05, 0.1) is 12.3 Å².